The molecule has 1 aromatic carbocycles. The first-order valence-electron chi connectivity index (χ1n) is 11.7. The molecule has 4 bridgehead atoms. The normalized spacial score (nSPS) is 35.6. The van der Waals surface area contributed by atoms with Crippen molar-refractivity contribution in [3.8, 4) is 0 Å². The van der Waals surface area contributed by atoms with E-state index < -0.39 is 9.84 Å². The third-order valence-electron chi connectivity index (χ3n) is 8.35. The summed E-state index contributed by atoms with van der Waals surface area (Å²) in [5.74, 6) is 2.81. The Labute approximate surface area is 191 Å². The van der Waals surface area contributed by atoms with Gasteiger partial charge in [0.2, 0.25) is 5.91 Å². The molecular formula is C24H33ClN2O3S. The molecule has 0 spiro atoms. The first-order valence-corrected chi connectivity index (χ1v) is 13.9. The average molecular weight is 465 g/mol. The van der Waals surface area contributed by atoms with Crippen LogP contribution in [0.1, 0.15) is 50.5 Å². The van der Waals surface area contributed by atoms with Crippen LogP contribution >= 0.6 is 11.6 Å². The zero-order valence-corrected chi connectivity index (χ0v) is 19.9. The number of likely N-dealkylation sites (N-methyl/N-ethyl adjacent to an activating group) is 1. The topological polar surface area (TPSA) is 57.7 Å². The van der Waals surface area contributed by atoms with E-state index in [0.717, 1.165) is 42.6 Å². The molecule has 1 aromatic rings. The van der Waals surface area contributed by atoms with Crippen molar-refractivity contribution in [2.24, 2.45) is 17.8 Å². The summed E-state index contributed by atoms with van der Waals surface area (Å²) < 4.78 is 23.9. The summed E-state index contributed by atoms with van der Waals surface area (Å²) in [5, 5.41) is 0.707. The second-order valence-electron chi connectivity index (χ2n) is 10.7. The van der Waals surface area contributed by atoms with Crippen LogP contribution in [0.4, 0.5) is 0 Å². The van der Waals surface area contributed by atoms with Crippen LogP contribution in [0.15, 0.2) is 24.3 Å². The summed E-state index contributed by atoms with van der Waals surface area (Å²) in [6, 6.07) is 7.79. The Balaban J connectivity index is 1.38. The lowest BCUT2D eigenvalue weighted by Crippen LogP contribution is -2.62. The monoisotopic (exact) mass is 464 g/mol. The van der Waals surface area contributed by atoms with Crippen molar-refractivity contribution in [1.29, 1.82) is 0 Å². The van der Waals surface area contributed by atoms with Gasteiger partial charge in [-0.15, -0.1) is 0 Å². The maximum absolute atomic E-state index is 13.8. The predicted octanol–water partition coefficient (Wildman–Crippen LogP) is 3.76. The van der Waals surface area contributed by atoms with E-state index in [4.69, 9.17) is 11.6 Å². The van der Waals surface area contributed by atoms with Gasteiger partial charge in [-0.1, -0.05) is 23.7 Å². The predicted molar refractivity (Wildman–Crippen MR) is 123 cm³/mol. The van der Waals surface area contributed by atoms with Crippen LogP contribution in [0.5, 0.6) is 0 Å². The first-order chi connectivity index (χ1) is 14.7. The van der Waals surface area contributed by atoms with E-state index in [9.17, 15) is 13.2 Å². The van der Waals surface area contributed by atoms with Crippen LogP contribution in [0.3, 0.4) is 0 Å². The highest BCUT2D eigenvalue weighted by atomic mass is 35.5. The Hall–Kier alpha value is -1.11. The van der Waals surface area contributed by atoms with E-state index in [1.54, 1.807) is 0 Å². The maximum Gasteiger partial charge on any atom is 0.237 e. The van der Waals surface area contributed by atoms with Crippen LogP contribution in [-0.2, 0) is 21.2 Å². The van der Waals surface area contributed by atoms with Gasteiger partial charge in [0.15, 0.2) is 9.84 Å². The Bertz CT molecular complexity index is 911. The summed E-state index contributed by atoms with van der Waals surface area (Å²) in [6.07, 6.45) is 8.01. The summed E-state index contributed by atoms with van der Waals surface area (Å²) in [6.45, 7) is 0.897. The van der Waals surface area contributed by atoms with Crippen LogP contribution < -0.4 is 0 Å². The van der Waals surface area contributed by atoms with E-state index in [1.165, 1.54) is 19.3 Å². The number of amides is 1. The third-order valence-corrected chi connectivity index (χ3v) is 10.4. The van der Waals surface area contributed by atoms with Gasteiger partial charge in [0.1, 0.15) is 0 Å². The van der Waals surface area contributed by atoms with E-state index in [-0.39, 0.29) is 35.5 Å². The molecule has 1 atom stereocenters. The van der Waals surface area contributed by atoms with Gasteiger partial charge >= 0.3 is 0 Å². The lowest BCUT2D eigenvalue weighted by molar-refractivity contribution is -0.153. The minimum atomic E-state index is -2.97. The molecule has 31 heavy (non-hydrogen) atoms. The molecule has 1 amide bonds. The second kappa shape index (κ2) is 8.03. The fourth-order valence-corrected chi connectivity index (χ4v) is 9.17. The van der Waals surface area contributed by atoms with Crippen molar-refractivity contribution < 1.29 is 13.2 Å². The highest BCUT2D eigenvalue weighted by Gasteiger charge is 2.54. The Kier molecular flexibility index (Phi) is 5.63. The second-order valence-corrected chi connectivity index (χ2v) is 13.4. The number of hydrogen-bond acceptors (Lipinski definition) is 4. The number of hydrogen-bond donors (Lipinski definition) is 0. The number of sulfone groups is 1. The average Bonchev–Trinajstić information content (AvgIpc) is 3.06. The third kappa shape index (κ3) is 4.40. The molecule has 1 saturated heterocycles. The lowest BCUT2D eigenvalue weighted by atomic mass is 9.52. The number of rotatable bonds is 6. The molecule has 5 nitrogen and oxygen atoms in total. The van der Waals surface area contributed by atoms with E-state index >= 15 is 0 Å². The van der Waals surface area contributed by atoms with Crippen molar-refractivity contribution in [1.82, 2.24) is 9.80 Å². The molecule has 4 saturated carbocycles. The Morgan fingerprint density at radius 2 is 1.65 bits per heavy atom. The first kappa shape index (κ1) is 21.7. The zero-order valence-electron chi connectivity index (χ0n) is 18.3. The minimum absolute atomic E-state index is 0.0337. The number of nitrogens with zero attached hydrogens (tertiary/aromatic N) is 2. The quantitative estimate of drug-likeness (QED) is 0.643. The minimum Gasteiger partial charge on any atom is -0.332 e. The number of carbonyl (C=O) groups is 1. The highest BCUT2D eigenvalue weighted by molar-refractivity contribution is 7.91. The van der Waals surface area contributed by atoms with Crippen molar-refractivity contribution in [2.75, 3.05) is 25.1 Å². The van der Waals surface area contributed by atoms with E-state index in [2.05, 4.69) is 4.90 Å². The van der Waals surface area contributed by atoms with E-state index in [0.29, 0.717) is 18.0 Å². The summed E-state index contributed by atoms with van der Waals surface area (Å²) in [7, 11) is -1.06. The van der Waals surface area contributed by atoms with Crippen molar-refractivity contribution in [2.45, 2.75) is 63.1 Å². The van der Waals surface area contributed by atoms with Gasteiger partial charge in [-0.05, 0) is 87.4 Å². The molecule has 4 aliphatic carbocycles. The summed E-state index contributed by atoms with van der Waals surface area (Å²) >= 11 is 6.10. The summed E-state index contributed by atoms with van der Waals surface area (Å²) in [4.78, 5) is 17.9. The number of halogens is 1. The van der Waals surface area contributed by atoms with Crippen LogP contribution in [0.25, 0.3) is 0 Å². The molecule has 5 fully saturated rings. The molecule has 6 rings (SSSR count). The van der Waals surface area contributed by atoms with Gasteiger partial charge in [0, 0.05) is 23.1 Å². The molecule has 1 aliphatic heterocycles. The molecule has 0 radical (unpaired) electrons. The molecular weight excluding hydrogens is 432 g/mol. The molecule has 5 aliphatic rings. The Morgan fingerprint density at radius 3 is 2.16 bits per heavy atom. The molecule has 0 unspecified atom stereocenters. The fourth-order valence-electron chi connectivity index (χ4n) is 7.24. The highest BCUT2D eigenvalue weighted by Crippen LogP contribution is 2.58. The van der Waals surface area contributed by atoms with Crippen molar-refractivity contribution in [3.05, 3.63) is 34.9 Å². The smallest absolute Gasteiger partial charge is 0.237 e. The van der Waals surface area contributed by atoms with Gasteiger partial charge in [0.05, 0.1) is 18.1 Å². The van der Waals surface area contributed by atoms with Gasteiger partial charge < -0.3 is 4.90 Å². The standard InChI is InChI=1S/C24H33ClN2O3S/c1-26(22-6-7-31(29,30)16-22)15-23(28)27(14-17-2-4-21(25)5-3-17)24-11-18-8-19(12-24)10-20(9-18)13-24/h2-5,18-20,22H,6-16H2,1H3/t18?,19?,20?,22-,24?/m0/s1. The molecule has 7 heteroatoms. The van der Waals surface area contributed by atoms with Gasteiger partial charge in [-0.25, -0.2) is 8.42 Å². The zero-order chi connectivity index (χ0) is 21.8. The van der Waals surface area contributed by atoms with Crippen LogP contribution in [-0.4, -0.2) is 60.8 Å². The largest absolute Gasteiger partial charge is 0.332 e. The van der Waals surface area contributed by atoms with Crippen LogP contribution in [0, 0.1) is 17.8 Å². The van der Waals surface area contributed by atoms with E-state index in [1.807, 2.05) is 36.2 Å². The number of carbonyl (C=O) groups excluding carboxylic acids is 1. The Morgan fingerprint density at radius 1 is 1.06 bits per heavy atom. The van der Waals surface area contributed by atoms with Crippen molar-refractivity contribution in [3.63, 3.8) is 0 Å². The maximum atomic E-state index is 13.8. The SMILES string of the molecule is CN(CC(=O)N(Cc1ccc(Cl)cc1)C12CC3CC(CC(C3)C1)C2)[C@H]1CCS(=O)(=O)C1. The van der Waals surface area contributed by atoms with Crippen molar-refractivity contribution >= 4 is 27.3 Å². The molecule has 170 valence electrons. The fraction of sp³-hybridized carbons (Fsp3) is 0.708. The van der Waals surface area contributed by atoms with Crippen LogP contribution in [0.2, 0.25) is 5.02 Å². The number of benzene rings is 1. The molecule has 1 heterocycles. The molecule has 0 aromatic heterocycles. The van der Waals surface area contributed by atoms with Gasteiger partial charge in [-0.3, -0.25) is 9.69 Å². The van der Waals surface area contributed by atoms with Gasteiger partial charge in [-0.2, -0.15) is 0 Å². The van der Waals surface area contributed by atoms with Gasteiger partial charge in [0.25, 0.3) is 0 Å². The summed E-state index contributed by atoms with van der Waals surface area (Å²) in [5.41, 5.74) is 1.08. The molecule has 0 N–H and O–H groups in total. The lowest BCUT2D eigenvalue weighted by Gasteiger charge is -2.60.